The van der Waals surface area contributed by atoms with Crippen LogP contribution in [-0.2, 0) is 46.4 Å². The van der Waals surface area contributed by atoms with Crippen LogP contribution in [0.15, 0.2) is 91.1 Å². The van der Waals surface area contributed by atoms with Gasteiger partial charge in [-0.3, -0.25) is 33.6 Å². The van der Waals surface area contributed by atoms with Gasteiger partial charge >= 0.3 is 5.97 Å². The lowest BCUT2D eigenvalue weighted by Gasteiger charge is -2.41. The first-order chi connectivity index (χ1) is 30.2. The number of aliphatic carboxylic acids is 1. The number of rotatable bonds is 22. The second-order valence-corrected chi connectivity index (χ2v) is 16.3. The molecule has 1 aliphatic carbocycles. The van der Waals surface area contributed by atoms with Crippen LogP contribution in [0.1, 0.15) is 80.9 Å². The number of carboxylic acid groups (broad SMARTS) is 1. The minimum atomic E-state index is -1.53. The first kappa shape index (κ1) is 47.5. The van der Waals surface area contributed by atoms with Gasteiger partial charge in [-0.1, -0.05) is 78.9 Å². The van der Waals surface area contributed by atoms with E-state index in [0.717, 1.165) is 22.0 Å². The summed E-state index contributed by atoms with van der Waals surface area (Å²) in [6.45, 7) is 1.83. The van der Waals surface area contributed by atoms with E-state index in [9.17, 15) is 38.7 Å². The average Bonchev–Trinajstić information content (AvgIpc) is 3.68. The lowest BCUT2D eigenvalue weighted by Crippen LogP contribution is -2.65. The van der Waals surface area contributed by atoms with Crippen LogP contribution in [-0.4, -0.2) is 93.8 Å². The van der Waals surface area contributed by atoms with Gasteiger partial charge in [-0.15, -0.1) is 0 Å². The molecule has 1 saturated carbocycles. The Morgan fingerprint density at radius 1 is 0.746 bits per heavy atom. The monoisotopic (exact) mass is 865 g/mol. The summed E-state index contributed by atoms with van der Waals surface area (Å²) in [6.07, 6.45) is 3.86. The molecule has 3 aromatic carbocycles. The molecule has 1 aliphatic rings. The molecule has 17 nitrogen and oxygen atoms in total. The third-order valence-corrected chi connectivity index (χ3v) is 11.6. The molecule has 0 saturated heterocycles. The maximum Gasteiger partial charge on any atom is 0.305 e. The number of nitrogens with two attached hydrogens (primary N) is 3. The van der Waals surface area contributed by atoms with Crippen LogP contribution in [0.25, 0.3) is 10.9 Å². The molecule has 1 fully saturated rings. The van der Waals surface area contributed by atoms with Gasteiger partial charge in [0.1, 0.15) is 29.7 Å². The summed E-state index contributed by atoms with van der Waals surface area (Å²) >= 11 is 0. The number of hydrogen-bond acceptors (Lipinski definition) is 9. The number of unbranched alkanes of at least 4 members (excludes halogenated alkanes) is 1. The predicted molar refractivity (Wildman–Crippen MR) is 236 cm³/mol. The SMILES string of the molecule is C[C@H](NC(=O)[C@@H](Cc1ccccc1)NC(=O)C1(NC(=O)[C@@H](N)CC(=O)O)CCC(c2ccccc2)CC1)C(=O)N[C@@H](Cc1c[nH]c2ccccc12)C(=O)N[C@@H](CCCCN)C(N)=O. The van der Waals surface area contributed by atoms with Crippen molar-refractivity contribution in [3.05, 3.63) is 108 Å². The number of primary amides is 1. The van der Waals surface area contributed by atoms with Crippen molar-refractivity contribution in [2.24, 2.45) is 17.2 Å². The highest BCUT2D eigenvalue weighted by Crippen LogP contribution is 2.38. The number of H-pyrrole nitrogens is 1. The zero-order chi connectivity index (χ0) is 45.5. The lowest BCUT2D eigenvalue weighted by atomic mass is 9.73. The summed E-state index contributed by atoms with van der Waals surface area (Å²) in [4.78, 5) is 96.8. The van der Waals surface area contributed by atoms with E-state index in [-0.39, 0.29) is 38.0 Å². The van der Waals surface area contributed by atoms with Gasteiger partial charge in [0.25, 0.3) is 0 Å². The second-order valence-electron chi connectivity index (χ2n) is 16.3. The van der Waals surface area contributed by atoms with Crippen LogP contribution in [0.3, 0.4) is 0 Å². The van der Waals surface area contributed by atoms with Crippen molar-refractivity contribution in [1.82, 2.24) is 31.6 Å². The summed E-state index contributed by atoms with van der Waals surface area (Å²) in [7, 11) is 0. The summed E-state index contributed by atoms with van der Waals surface area (Å²) in [5.74, 6) is -5.51. The second kappa shape index (κ2) is 22.5. The maximum atomic E-state index is 14.5. The van der Waals surface area contributed by atoms with Gasteiger partial charge in [0.15, 0.2) is 0 Å². The van der Waals surface area contributed by atoms with E-state index in [1.54, 1.807) is 36.5 Å². The number of benzene rings is 3. The normalized spacial score (nSPS) is 18.4. The molecule has 0 radical (unpaired) electrons. The molecule has 13 N–H and O–H groups in total. The number of amides is 6. The summed E-state index contributed by atoms with van der Waals surface area (Å²) in [5, 5.41) is 23.9. The van der Waals surface area contributed by atoms with E-state index in [1.807, 2.05) is 54.6 Å². The molecule has 17 heteroatoms. The van der Waals surface area contributed by atoms with Crippen molar-refractivity contribution >= 4 is 52.3 Å². The van der Waals surface area contributed by atoms with Crippen molar-refractivity contribution in [2.75, 3.05) is 6.54 Å². The number of para-hydroxylation sites is 1. The van der Waals surface area contributed by atoms with Gasteiger partial charge in [-0.05, 0) is 87.1 Å². The molecule has 1 aromatic heterocycles. The van der Waals surface area contributed by atoms with E-state index >= 15 is 0 Å². The predicted octanol–water partition coefficient (Wildman–Crippen LogP) is 1.54. The zero-order valence-electron chi connectivity index (χ0n) is 35.4. The van der Waals surface area contributed by atoms with Gasteiger partial charge in [0.2, 0.25) is 35.4 Å². The molecule has 4 aromatic rings. The van der Waals surface area contributed by atoms with E-state index in [2.05, 4.69) is 31.6 Å². The van der Waals surface area contributed by atoms with Crippen molar-refractivity contribution < 1.29 is 38.7 Å². The highest BCUT2D eigenvalue weighted by molar-refractivity contribution is 5.98. The van der Waals surface area contributed by atoms with E-state index in [0.29, 0.717) is 37.8 Å². The minimum Gasteiger partial charge on any atom is -0.481 e. The summed E-state index contributed by atoms with van der Waals surface area (Å²) in [5.41, 5.74) is 19.0. The third kappa shape index (κ3) is 13.2. The molecule has 336 valence electrons. The van der Waals surface area contributed by atoms with Gasteiger partial charge < -0.3 is 53.9 Å². The van der Waals surface area contributed by atoms with Crippen molar-refractivity contribution in [3.63, 3.8) is 0 Å². The van der Waals surface area contributed by atoms with Crippen molar-refractivity contribution in [2.45, 2.75) is 113 Å². The number of aromatic nitrogens is 1. The fourth-order valence-corrected chi connectivity index (χ4v) is 8.00. The summed E-state index contributed by atoms with van der Waals surface area (Å²) in [6, 6.07) is 20.0. The van der Waals surface area contributed by atoms with Crippen LogP contribution in [0.4, 0.5) is 0 Å². The minimum absolute atomic E-state index is 0.00615. The number of carboxylic acids is 1. The zero-order valence-corrected chi connectivity index (χ0v) is 35.4. The number of hydrogen-bond donors (Lipinski definition) is 10. The first-order valence-corrected chi connectivity index (χ1v) is 21.3. The molecule has 0 spiro atoms. The molecule has 1 heterocycles. The molecule has 5 rings (SSSR count). The third-order valence-electron chi connectivity index (χ3n) is 11.6. The van der Waals surface area contributed by atoms with Crippen LogP contribution >= 0.6 is 0 Å². The van der Waals surface area contributed by atoms with Crippen LogP contribution in [0.2, 0.25) is 0 Å². The number of carbonyl (C=O) groups is 7. The average molecular weight is 866 g/mol. The molecule has 6 amide bonds. The lowest BCUT2D eigenvalue weighted by molar-refractivity contribution is -0.141. The number of aromatic amines is 1. The highest BCUT2D eigenvalue weighted by Gasteiger charge is 2.45. The van der Waals surface area contributed by atoms with E-state index < -0.39 is 83.6 Å². The molecule has 5 atom stereocenters. The number of fused-ring (bicyclic) bond motifs is 1. The maximum absolute atomic E-state index is 14.5. The Bertz CT molecular complexity index is 2210. The van der Waals surface area contributed by atoms with Crippen molar-refractivity contribution in [1.29, 1.82) is 0 Å². The van der Waals surface area contributed by atoms with Crippen LogP contribution < -0.4 is 43.8 Å². The van der Waals surface area contributed by atoms with Gasteiger partial charge in [0.05, 0.1) is 12.5 Å². The highest BCUT2D eigenvalue weighted by atomic mass is 16.4. The van der Waals surface area contributed by atoms with Gasteiger partial charge in [-0.2, -0.15) is 0 Å². The Balaban J connectivity index is 1.36. The Kier molecular flexibility index (Phi) is 16.9. The molecular weight excluding hydrogens is 807 g/mol. The topological polar surface area (TPSA) is 294 Å². The van der Waals surface area contributed by atoms with Gasteiger partial charge in [0, 0.05) is 29.9 Å². The summed E-state index contributed by atoms with van der Waals surface area (Å²) < 4.78 is 0. The van der Waals surface area contributed by atoms with E-state index in [1.165, 1.54) is 6.92 Å². The molecule has 0 bridgehead atoms. The molecule has 63 heavy (non-hydrogen) atoms. The molecular formula is C46H59N9O8. The van der Waals surface area contributed by atoms with Crippen LogP contribution in [0.5, 0.6) is 0 Å². The molecule has 0 unspecified atom stereocenters. The van der Waals surface area contributed by atoms with E-state index in [4.69, 9.17) is 17.2 Å². The first-order valence-electron chi connectivity index (χ1n) is 21.3. The Hall–Kier alpha value is -6.59. The Morgan fingerprint density at radius 2 is 1.35 bits per heavy atom. The number of nitrogens with one attached hydrogen (secondary N) is 6. The fraction of sp³-hybridized carbons (Fsp3) is 0.413. The van der Waals surface area contributed by atoms with Gasteiger partial charge in [-0.25, -0.2) is 0 Å². The Labute approximate surface area is 366 Å². The standard InChI is InChI=1S/C46H59N9O8/c1-28(41(59)53-38(25-32-27-50-35-17-9-8-16-33(32)35)44(62)52-36(40(49)58)18-10-11-23-47)51-43(61)37(24-29-12-4-2-5-13-29)54-45(63)46(55-42(60)34(48)26-39(56)57)21-19-31(20-22-46)30-14-6-3-7-15-30/h2-9,12-17,27-28,31,34,36-38,50H,10-11,18-26,47-48H2,1H3,(H2,49,58)(H,51,61)(H,52,62)(H,53,59)(H,54,63)(H,55,60)(H,56,57)/t28-,31?,34-,36-,37+,38-,46?/m0/s1. The molecule has 0 aliphatic heterocycles. The Morgan fingerprint density at radius 3 is 2.00 bits per heavy atom. The quantitative estimate of drug-likeness (QED) is 0.0509. The fourth-order valence-electron chi connectivity index (χ4n) is 8.00. The van der Waals surface area contributed by atoms with Crippen molar-refractivity contribution in [3.8, 4) is 0 Å². The van der Waals surface area contributed by atoms with Crippen LogP contribution in [0, 0.1) is 0 Å². The number of carbonyl (C=O) groups excluding carboxylic acids is 6. The smallest absolute Gasteiger partial charge is 0.305 e. The largest absolute Gasteiger partial charge is 0.481 e.